The van der Waals surface area contributed by atoms with E-state index in [1.807, 2.05) is 16.7 Å². The van der Waals surface area contributed by atoms with Gasteiger partial charge in [0.15, 0.2) is 5.65 Å². The van der Waals surface area contributed by atoms with Crippen LogP contribution in [0.3, 0.4) is 0 Å². The molecule has 132 valence electrons. The average Bonchev–Trinajstić information content (AvgIpc) is 3.05. The van der Waals surface area contributed by atoms with E-state index in [9.17, 15) is 4.39 Å². The van der Waals surface area contributed by atoms with Crippen LogP contribution in [0.4, 0.5) is 10.3 Å². The molecule has 1 fully saturated rings. The summed E-state index contributed by atoms with van der Waals surface area (Å²) in [6, 6.07) is 1.87. The first-order valence-corrected chi connectivity index (χ1v) is 8.31. The number of aromatic nitrogens is 3. The molecule has 0 aliphatic carbocycles. The van der Waals surface area contributed by atoms with E-state index in [0.717, 1.165) is 30.2 Å². The Morgan fingerprint density at radius 1 is 1.36 bits per heavy atom. The number of ether oxygens (including phenoxy) is 1. The number of allylic oxidation sites excluding steroid dienone is 4. The number of pyridine rings is 1. The summed E-state index contributed by atoms with van der Waals surface area (Å²) in [5.41, 5.74) is 10.2. The molecule has 2 aromatic heterocycles. The van der Waals surface area contributed by atoms with Crippen molar-refractivity contribution in [3.05, 3.63) is 53.5 Å². The summed E-state index contributed by atoms with van der Waals surface area (Å²) in [7, 11) is 0. The van der Waals surface area contributed by atoms with Gasteiger partial charge < -0.3 is 15.4 Å². The van der Waals surface area contributed by atoms with Crippen LogP contribution in [0.2, 0.25) is 0 Å². The van der Waals surface area contributed by atoms with Gasteiger partial charge in [-0.2, -0.15) is 0 Å². The minimum absolute atomic E-state index is 0.296. The van der Waals surface area contributed by atoms with Crippen LogP contribution in [-0.4, -0.2) is 40.9 Å². The predicted molar refractivity (Wildman–Crippen MR) is 97.1 cm³/mol. The smallest absolute Gasteiger partial charge is 0.231 e. The zero-order valence-corrected chi connectivity index (χ0v) is 14.4. The van der Waals surface area contributed by atoms with Crippen molar-refractivity contribution in [1.29, 1.82) is 0 Å². The zero-order chi connectivity index (χ0) is 17.8. The molecule has 0 amide bonds. The summed E-state index contributed by atoms with van der Waals surface area (Å²) in [5.74, 6) is 0.181. The van der Waals surface area contributed by atoms with Gasteiger partial charge in [-0.3, -0.25) is 4.40 Å². The van der Waals surface area contributed by atoms with Crippen molar-refractivity contribution in [2.75, 3.05) is 31.2 Å². The minimum atomic E-state index is -0.551. The van der Waals surface area contributed by atoms with E-state index < -0.39 is 5.83 Å². The topological polar surface area (TPSA) is 68.7 Å². The first-order valence-electron chi connectivity index (χ1n) is 7.87. The molecule has 3 heterocycles. The van der Waals surface area contributed by atoms with Gasteiger partial charge in [0.2, 0.25) is 5.95 Å². The lowest BCUT2D eigenvalue weighted by atomic mass is 10.0. The standard InChI is InChI=1S/C17H19ClFN5O/c1-12(19)2-3-13(9-18)15-11-24-16(8-14(15)10-20)21-22-17(24)23-4-6-25-7-5-23/h2-3,8-9,11H,1,4-7,10,20H2/b3-2-,13-9-. The molecule has 0 atom stereocenters. The van der Waals surface area contributed by atoms with Crippen molar-refractivity contribution in [3.63, 3.8) is 0 Å². The van der Waals surface area contributed by atoms with Gasteiger partial charge in [-0.15, -0.1) is 10.2 Å². The average molecular weight is 364 g/mol. The summed E-state index contributed by atoms with van der Waals surface area (Å²) < 4.78 is 20.3. The number of halogens is 2. The van der Waals surface area contributed by atoms with Crippen LogP contribution in [0.5, 0.6) is 0 Å². The Morgan fingerprint density at radius 3 is 2.76 bits per heavy atom. The van der Waals surface area contributed by atoms with Gasteiger partial charge in [0.25, 0.3) is 0 Å². The van der Waals surface area contributed by atoms with Crippen LogP contribution in [0, 0.1) is 0 Å². The molecule has 25 heavy (non-hydrogen) atoms. The van der Waals surface area contributed by atoms with Gasteiger partial charge >= 0.3 is 0 Å². The maximum Gasteiger partial charge on any atom is 0.231 e. The summed E-state index contributed by atoms with van der Waals surface area (Å²) in [6.07, 6.45) is 4.70. The minimum Gasteiger partial charge on any atom is -0.378 e. The second-order valence-electron chi connectivity index (χ2n) is 5.59. The molecule has 0 radical (unpaired) electrons. The second kappa shape index (κ2) is 7.77. The largest absolute Gasteiger partial charge is 0.378 e. The number of anilines is 1. The summed E-state index contributed by atoms with van der Waals surface area (Å²) >= 11 is 5.95. The van der Waals surface area contributed by atoms with Crippen molar-refractivity contribution in [3.8, 4) is 0 Å². The molecular formula is C17H19ClFN5O. The SMILES string of the molecule is C=C(F)/C=C\C(=C\Cl)c1cn2c(N3CCOCC3)nnc2cc1CN. The van der Waals surface area contributed by atoms with E-state index in [4.69, 9.17) is 22.1 Å². The summed E-state index contributed by atoms with van der Waals surface area (Å²) in [5, 5.41) is 8.53. The Kier molecular flexibility index (Phi) is 5.47. The first-order chi connectivity index (χ1) is 12.1. The third-order valence-electron chi connectivity index (χ3n) is 4.00. The number of hydrogen-bond donors (Lipinski definition) is 1. The van der Waals surface area contributed by atoms with E-state index in [1.165, 1.54) is 11.6 Å². The maximum atomic E-state index is 13.0. The number of morpholine rings is 1. The number of hydrogen-bond acceptors (Lipinski definition) is 5. The van der Waals surface area contributed by atoms with Crippen LogP contribution in [0.15, 0.2) is 42.4 Å². The van der Waals surface area contributed by atoms with E-state index in [-0.39, 0.29) is 0 Å². The fourth-order valence-electron chi connectivity index (χ4n) is 2.74. The molecule has 2 N–H and O–H groups in total. The van der Waals surface area contributed by atoms with Crippen LogP contribution in [0.1, 0.15) is 11.1 Å². The van der Waals surface area contributed by atoms with Crippen molar-refractivity contribution < 1.29 is 9.13 Å². The molecule has 0 saturated carbocycles. The van der Waals surface area contributed by atoms with E-state index in [1.54, 1.807) is 6.08 Å². The van der Waals surface area contributed by atoms with Crippen LogP contribution >= 0.6 is 11.6 Å². The van der Waals surface area contributed by atoms with Gasteiger partial charge in [0.1, 0.15) is 5.83 Å². The Morgan fingerprint density at radius 2 is 2.12 bits per heavy atom. The summed E-state index contributed by atoms with van der Waals surface area (Å²) in [4.78, 5) is 2.11. The van der Waals surface area contributed by atoms with E-state index in [2.05, 4.69) is 21.7 Å². The van der Waals surface area contributed by atoms with Gasteiger partial charge in [-0.25, -0.2) is 4.39 Å². The lowest BCUT2D eigenvalue weighted by Crippen LogP contribution is -2.37. The Hall–Kier alpha value is -2.22. The highest BCUT2D eigenvalue weighted by Crippen LogP contribution is 2.25. The molecule has 6 nitrogen and oxygen atoms in total. The monoisotopic (exact) mass is 363 g/mol. The molecule has 2 aromatic rings. The fraction of sp³-hybridized carbons (Fsp3) is 0.294. The number of nitrogens with two attached hydrogens (primary N) is 1. The van der Waals surface area contributed by atoms with Gasteiger partial charge in [0.05, 0.1) is 13.2 Å². The highest BCUT2D eigenvalue weighted by molar-refractivity contribution is 6.28. The number of fused-ring (bicyclic) bond motifs is 1. The highest BCUT2D eigenvalue weighted by atomic mass is 35.5. The predicted octanol–water partition coefficient (Wildman–Crippen LogP) is 2.64. The van der Waals surface area contributed by atoms with E-state index in [0.29, 0.717) is 31.0 Å². The van der Waals surface area contributed by atoms with Crippen molar-refractivity contribution in [1.82, 2.24) is 14.6 Å². The van der Waals surface area contributed by atoms with Gasteiger partial charge in [0, 0.05) is 36.9 Å². The second-order valence-corrected chi connectivity index (χ2v) is 5.81. The Labute approximate surface area is 150 Å². The molecule has 1 aliphatic heterocycles. The van der Waals surface area contributed by atoms with E-state index >= 15 is 0 Å². The summed E-state index contributed by atoms with van der Waals surface area (Å²) in [6.45, 7) is 6.31. The maximum absolute atomic E-state index is 13.0. The first kappa shape index (κ1) is 17.6. The third-order valence-corrected chi connectivity index (χ3v) is 4.23. The third kappa shape index (κ3) is 3.73. The zero-order valence-electron chi connectivity index (χ0n) is 13.7. The Bertz CT molecular complexity index is 839. The van der Waals surface area contributed by atoms with Gasteiger partial charge in [-0.05, 0) is 23.3 Å². The molecule has 0 bridgehead atoms. The van der Waals surface area contributed by atoms with Gasteiger partial charge in [-0.1, -0.05) is 24.3 Å². The van der Waals surface area contributed by atoms with Crippen molar-refractivity contribution >= 4 is 28.8 Å². The van der Waals surface area contributed by atoms with Crippen molar-refractivity contribution in [2.24, 2.45) is 5.73 Å². The van der Waals surface area contributed by atoms with Crippen LogP contribution < -0.4 is 10.6 Å². The number of rotatable bonds is 5. The molecule has 0 aromatic carbocycles. The lowest BCUT2D eigenvalue weighted by Gasteiger charge is -2.26. The normalized spacial score (nSPS) is 16.1. The molecule has 0 unspecified atom stereocenters. The van der Waals surface area contributed by atoms with Crippen LogP contribution in [0.25, 0.3) is 11.2 Å². The van der Waals surface area contributed by atoms with Crippen LogP contribution in [-0.2, 0) is 11.3 Å². The Balaban J connectivity index is 2.09. The molecule has 0 spiro atoms. The number of nitrogens with zero attached hydrogens (tertiary/aromatic N) is 4. The lowest BCUT2D eigenvalue weighted by molar-refractivity contribution is 0.122. The highest BCUT2D eigenvalue weighted by Gasteiger charge is 2.18. The molecule has 3 rings (SSSR count). The quantitative estimate of drug-likeness (QED) is 0.827. The molecular weight excluding hydrogens is 345 g/mol. The van der Waals surface area contributed by atoms with Crippen molar-refractivity contribution in [2.45, 2.75) is 6.54 Å². The molecule has 1 aliphatic rings. The molecule has 8 heteroatoms. The fourth-order valence-corrected chi connectivity index (χ4v) is 2.93. The molecule has 1 saturated heterocycles.